The minimum absolute atomic E-state index is 0.0536. The van der Waals surface area contributed by atoms with Crippen molar-refractivity contribution in [3.05, 3.63) is 22.7 Å². The van der Waals surface area contributed by atoms with E-state index in [2.05, 4.69) is 21.2 Å². The molecule has 0 radical (unpaired) electrons. The fraction of sp³-hybridized carbons (Fsp3) is 0.385. The largest absolute Gasteiger partial charge is 0.495 e. The number of thioether (sulfide) groups is 1. The molecule has 0 aliphatic carbocycles. The molecule has 2 rings (SSSR count). The SMILES string of the molecule is COc1ccc(Br)cc1NC(=O)CCN1CCSC1=O. The van der Waals surface area contributed by atoms with E-state index < -0.39 is 0 Å². The second-order valence-corrected chi connectivity index (χ2v) is 6.21. The van der Waals surface area contributed by atoms with Crippen molar-refractivity contribution in [3.8, 4) is 5.75 Å². The molecule has 20 heavy (non-hydrogen) atoms. The van der Waals surface area contributed by atoms with Crippen LogP contribution in [0.3, 0.4) is 0 Å². The van der Waals surface area contributed by atoms with Crippen LogP contribution in [-0.4, -0.2) is 42.0 Å². The van der Waals surface area contributed by atoms with Crippen molar-refractivity contribution in [2.75, 3.05) is 31.3 Å². The fourth-order valence-corrected chi connectivity index (χ4v) is 3.07. The summed E-state index contributed by atoms with van der Waals surface area (Å²) in [4.78, 5) is 25.0. The maximum atomic E-state index is 11.9. The van der Waals surface area contributed by atoms with Gasteiger partial charge in [-0.15, -0.1) is 0 Å². The Labute approximate surface area is 130 Å². The van der Waals surface area contributed by atoms with Gasteiger partial charge in [0.15, 0.2) is 0 Å². The summed E-state index contributed by atoms with van der Waals surface area (Å²) in [6, 6.07) is 5.41. The van der Waals surface area contributed by atoms with E-state index in [-0.39, 0.29) is 17.6 Å². The predicted molar refractivity (Wildman–Crippen MR) is 83.4 cm³/mol. The van der Waals surface area contributed by atoms with Crippen LogP contribution in [0.4, 0.5) is 10.5 Å². The normalized spacial score (nSPS) is 14.5. The van der Waals surface area contributed by atoms with Crippen molar-refractivity contribution in [1.29, 1.82) is 0 Å². The molecule has 0 bridgehead atoms. The molecule has 0 saturated carbocycles. The molecule has 0 atom stereocenters. The minimum atomic E-state index is -0.133. The number of amides is 2. The molecule has 1 saturated heterocycles. The first-order valence-electron chi connectivity index (χ1n) is 6.15. The molecular weight excluding hydrogens is 344 g/mol. The first-order chi connectivity index (χ1) is 9.60. The van der Waals surface area contributed by atoms with Crippen molar-refractivity contribution in [2.45, 2.75) is 6.42 Å². The number of carbonyl (C=O) groups excluding carboxylic acids is 2. The van der Waals surface area contributed by atoms with Gasteiger partial charge in [0.05, 0.1) is 12.8 Å². The standard InChI is InChI=1S/C13H15BrN2O3S/c1-19-11-3-2-9(14)8-10(11)15-12(17)4-5-16-6-7-20-13(16)18/h2-3,8H,4-7H2,1H3,(H,15,17). The molecule has 0 aromatic heterocycles. The first kappa shape index (κ1) is 15.2. The van der Waals surface area contributed by atoms with Gasteiger partial charge in [-0.05, 0) is 18.2 Å². The average Bonchev–Trinajstić information content (AvgIpc) is 2.82. The van der Waals surface area contributed by atoms with Crippen LogP contribution < -0.4 is 10.1 Å². The Hall–Kier alpha value is -1.21. The molecular formula is C13H15BrN2O3S. The highest BCUT2D eigenvalue weighted by atomic mass is 79.9. The Morgan fingerprint density at radius 3 is 3.00 bits per heavy atom. The smallest absolute Gasteiger partial charge is 0.281 e. The van der Waals surface area contributed by atoms with E-state index in [1.54, 1.807) is 24.1 Å². The van der Waals surface area contributed by atoms with Gasteiger partial charge in [0.25, 0.3) is 5.24 Å². The zero-order chi connectivity index (χ0) is 14.5. The van der Waals surface area contributed by atoms with E-state index in [1.165, 1.54) is 11.8 Å². The molecule has 1 N–H and O–H groups in total. The lowest BCUT2D eigenvalue weighted by Crippen LogP contribution is -2.27. The molecule has 1 aliphatic heterocycles. The summed E-state index contributed by atoms with van der Waals surface area (Å²) < 4.78 is 6.05. The number of methoxy groups -OCH3 is 1. The molecule has 5 nitrogen and oxygen atoms in total. The summed E-state index contributed by atoms with van der Waals surface area (Å²) in [5, 5.41) is 2.86. The van der Waals surface area contributed by atoms with Crippen LogP contribution in [0, 0.1) is 0 Å². The molecule has 1 aliphatic rings. The highest BCUT2D eigenvalue weighted by Gasteiger charge is 2.21. The molecule has 108 valence electrons. The predicted octanol–water partition coefficient (Wildman–Crippen LogP) is 2.96. The number of hydrogen-bond donors (Lipinski definition) is 1. The van der Waals surface area contributed by atoms with E-state index in [9.17, 15) is 9.59 Å². The number of hydrogen-bond acceptors (Lipinski definition) is 4. The minimum Gasteiger partial charge on any atom is -0.495 e. The summed E-state index contributed by atoms with van der Waals surface area (Å²) in [5.41, 5.74) is 0.619. The molecule has 1 aromatic rings. The Morgan fingerprint density at radius 1 is 1.55 bits per heavy atom. The van der Waals surface area contributed by atoms with Gasteiger partial charge < -0.3 is 15.0 Å². The molecule has 1 fully saturated rings. The van der Waals surface area contributed by atoms with Crippen LogP contribution in [0.15, 0.2) is 22.7 Å². The van der Waals surface area contributed by atoms with Crippen LogP contribution in [0.2, 0.25) is 0 Å². The van der Waals surface area contributed by atoms with Crippen LogP contribution in [-0.2, 0) is 4.79 Å². The van der Waals surface area contributed by atoms with Gasteiger partial charge >= 0.3 is 0 Å². The van der Waals surface area contributed by atoms with Crippen LogP contribution >= 0.6 is 27.7 Å². The summed E-state index contributed by atoms with van der Waals surface area (Å²) in [6.07, 6.45) is 0.280. The number of nitrogens with one attached hydrogen (secondary N) is 1. The summed E-state index contributed by atoms with van der Waals surface area (Å²) in [7, 11) is 1.55. The van der Waals surface area contributed by atoms with Crippen molar-refractivity contribution in [1.82, 2.24) is 4.90 Å². The Balaban J connectivity index is 1.91. The van der Waals surface area contributed by atoms with Gasteiger partial charge in [0.2, 0.25) is 5.91 Å². The van der Waals surface area contributed by atoms with Gasteiger partial charge in [-0.1, -0.05) is 27.7 Å². The topological polar surface area (TPSA) is 58.6 Å². The number of ether oxygens (including phenoxy) is 1. The molecule has 0 unspecified atom stereocenters. The maximum Gasteiger partial charge on any atom is 0.281 e. The van der Waals surface area contributed by atoms with Gasteiger partial charge in [-0.3, -0.25) is 9.59 Å². The van der Waals surface area contributed by atoms with Crippen LogP contribution in [0.1, 0.15) is 6.42 Å². The van der Waals surface area contributed by atoms with Crippen molar-refractivity contribution in [2.24, 2.45) is 0 Å². The number of nitrogens with zero attached hydrogens (tertiary/aromatic N) is 1. The van der Waals surface area contributed by atoms with Crippen molar-refractivity contribution < 1.29 is 14.3 Å². The zero-order valence-corrected chi connectivity index (χ0v) is 13.4. The fourth-order valence-electron chi connectivity index (χ4n) is 1.86. The molecule has 1 heterocycles. The second kappa shape index (κ2) is 6.99. The van der Waals surface area contributed by atoms with E-state index in [1.807, 2.05) is 6.07 Å². The Morgan fingerprint density at radius 2 is 2.35 bits per heavy atom. The van der Waals surface area contributed by atoms with Gasteiger partial charge in [-0.2, -0.15) is 0 Å². The quantitative estimate of drug-likeness (QED) is 0.878. The lowest BCUT2D eigenvalue weighted by atomic mass is 10.2. The van der Waals surface area contributed by atoms with Crippen LogP contribution in [0.25, 0.3) is 0 Å². The third kappa shape index (κ3) is 3.89. The van der Waals surface area contributed by atoms with Crippen molar-refractivity contribution in [3.63, 3.8) is 0 Å². The highest BCUT2D eigenvalue weighted by Crippen LogP contribution is 2.28. The maximum absolute atomic E-state index is 11.9. The third-order valence-corrected chi connectivity index (χ3v) is 4.27. The number of carbonyl (C=O) groups is 2. The molecule has 0 spiro atoms. The first-order valence-corrected chi connectivity index (χ1v) is 7.93. The van der Waals surface area contributed by atoms with E-state index in [4.69, 9.17) is 4.74 Å². The number of rotatable bonds is 5. The summed E-state index contributed by atoms with van der Waals surface area (Å²) >= 11 is 4.65. The number of halogens is 1. The summed E-state index contributed by atoms with van der Waals surface area (Å²) in [6.45, 7) is 1.17. The van der Waals surface area contributed by atoms with E-state index >= 15 is 0 Å². The van der Waals surface area contributed by atoms with Gasteiger partial charge in [-0.25, -0.2) is 0 Å². The van der Waals surface area contributed by atoms with Crippen molar-refractivity contribution >= 4 is 44.5 Å². The average molecular weight is 359 g/mol. The van der Waals surface area contributed by atoms with Gasteiger partial charge in [0, 0.05) is 29.7 Å². The second-order valence-electron chi connectivity index (χ2n) is 4.24. The molecule has 1 aromatic carbocycles. The third-order valence-electron chi connectivity index (χ3n) is 2.89. The van der Waals surface area contributed by atoms with Gasteiger partial charge in [0.1, 0.15) is 5.75 Å². The highest BCUT2D eigenvalue weighted by molar-refractivity contribution is 9.10. The molecule has 2 amide bonds. The monoisotopic (exact) mass is 358 g/mol. The van der Waals surface area contributed by atoms with Crippen LogP contribution in [0.5, 0.6) is 5.75 Å². The Bertz CT molecular complexity index is 524. The number of anilines is 1. The van der Waals surface area contributed by atoms with E-state index in [0.717, 1.165) is 16.8 Å². The Kier molecular flexibility index (Phi) is 5.31. The zero-order valence-electron chi connectivity index (χ0n) is 11.0. The molecule has 7 heteroatoms. The lowest BCUT2D eigenvalue weighted by molar-refractivity contribution is -0.116. The summed E-state index contributed by atoms with van der Waals surface area (Å²) in [5.74, 6) is 1.28. The number of benzene rings is 1. The van der Waals surface area contributed by atoms with E-state index in [0.29, 0.717) is 18.0 Å². The lowest BCUT2D eigenvalue weighted by Gasteiger charge is -2.15.